The van der Waals surface area contributed by atoms with Crippen molar-refractivity contribution in [2.24, 2.45) is 0 Å². The molecular weight excluding hydrogens is 414 g/mol. The number of benzene rings is 2. The van der Waals surface area contributed by atoms with Gasteiger partial charge < -0.3 is 20.9 Å². The number of nitrogens with zero attached hydrogens (tertiary/aromatic N) is 1. The number of amides is 3. The van der Waals surface area contributed by atoms with Crippen molar-refractivity contribution in [3.63, 3.8) is 0 Å². The molecule has 4 N–H and O–H groups in total. The molecule has 0 aromatic heterocycles. The first kappa shape index (κ1) is 22.6. The second-order valence-corrected chi connectivity index (χ2v) is 7.97. The minimum Gasteiger partial charge on any atom is -0.330 e. The highest BCUT2D eigenvalue weighted by atomic mass is 35.5. The van der Waals surface area contributed by atoms with Gasteiger partial charge >= 0.3 is 6.03 Å². The van der Waals surface area contributed by atoms with Crippen LogP contribution in [0.15, 0.2) is 48.5 Å². The van der Waals surface area contributed by atoms with Crippen LogP contribution in [0.25, 0.3) is 0 Å². The zero-order valence-corrected chi connectivity index (χ0v) is 18.3. The predicted octanol–water partition coefficient (Wildman–Crippen LogP) is 5.24. The van der Waals surface area contributed by atoms with Crippen molar-refractivity contribution in [1.82, 2.24) is 5.32 Å². The molecule has 1 aliphatic rings. The number of anilines is 3. The zero-order valence-electron chi connectivity index (χ0n) is 17.6. The number of piperidine rings is 1. The van der Waals surface area contributed by atoms with Gasteiger partial charge in [-0.3, -0.25) is 10.2 Å². The monoisotopic (exact) mass is 441 g/mol. The molecule has 8 heteroatoms. The van der Waals surface area contributed by atoms with Crippen LogP contribution in [0.4, 0.5) is 21.9 Å². The zero-order chi connectivity index (χ0) is 22.2. The number of nitrogens with one attached hydrogen (secondary N) is 4. The summed E-state index contributed by atoms with van der Waals surface area (Å²) < 4.78 is 0. The van der Waals surface area contributed by atoms with Crippen molar-refractivity contribution < 1.29 is 9.59 Å². The number of hydrogen-bond donors (Lipinski definition) is 4. The smallest absolute Gasteiger partial charge is 0.319 e. The van der Waals surface area contributed by atoms with Gasteiger partial charge in [0.2, 0.25) is 5.91 Å². The van der Waals surface area contributed by atoms with Crippen molar-refractivity contribution in [2.45, 2.75) is 45.1 Å². The number of carbonyl (C=O) groups is 2. The molecule has 1 saturated heterocycles. The number of hydrogen-bond acceptors (Lipinski definition) is 3. The van der Waals surface area contributed by atoms with Crippen LogP contribution in [-0.4, -0.2) is 30.4 Å². The Morgan fingerprint density at radius 1 is 1.03 bits per heavy atom. The van der Waals surface area contributed by atoms with E-state index in [2.05, 4.69) is 16.0 Å². The molecule has 2 aromatic carbocycles. The highest BCUT2D eigenvalue weighted by molar-refractivity contribution is 6.30. The molecule has 1 aliphatic heterocycles. The first-order valence-corrected chi connectivity index (χ1v) is 10.9. The molecule has 31 heavy (non-hydrogen) atoms. The SMILES string of the molecule is CCCC(NC(=O)Nc1ccc(Cl)cc1)C(=O)Nc1ccc(N2CCCCC2=N)cc1. The molecule has 0 bridgehead atoms. The van der Waals surface area contributed by atoms with Crippen molar-refractivity contribution >= 4 is 46.4 Å². The topological polar surface area (TPSA) is 97.3 Å². The molecule has 0 spiro atoms. The lowest BCUT2D eigenvalue weighted by Gasteiger charge is -2.29. The van der Waals surface area contributed by atoms with Gasteiger partial charge in [0, 0.05) is 35.1 Å². The van der Waals surface area contributed by atoms with Gasteiger partial charge in [-0.15, -0.1) is 0 Å². The lowest BCUT2D eigenvalue weighted by atomic mass is 10.1. The third-order valence-electron chi connectivity index (χ3n) is 5.12. The van der Waals surface area contributed by atoms with Crippen molar-refractivity contribution in [1.29, 1.82) is 5.41 Å². The molecule has 1 atom stereocenters. The number of amidine groups is 1. The maximum Gasteiger partial charge on any atom is 0.319 e. The Morgan fingerprint density at radius 3 is 2.32 bits per heavy atom. The van der Waals surface area contributed by atoms with E-state index in [1.165, 1.54) is 0 Å². The number of urea groups is 1. The first-order chi connectivity index (χ1) is 15.0. The third-order valence-corrected chi connectivity index (χ3v) is 5.37. The van der Waals surface area contributed by atoms with Crippen LogP contribution in [0.5, 0.6) is 0 Å². The van der Waals surface area contributed by atoms with E-state index in [0.29, 0.717) is 28.7 Å². The Labute approximate surface area is 187 Å². The Morgan fingerprint density at radius 2 is 1.68 bits per heavy atom. The van der Waals surface area contributed by atoms with Crippen LogP contribution >= 0.6 is 11.6 Å². The van der Waals surface area contributed by atoms with Crippen LogP contribution in [-0.2, 0) is 4.79 Å². The van der Waals surface area contributed by atoms with Crippen molar-refractivity contribution in [2.75, 3.05) is 22.1 Å². The molecule has 0 saturated carbocycles. The van der Waals surface area contributed by atoms with E-state index < -0.39 is 12.1 Å². The molecule has 164 valence electrons. The Bertz CT molecular complexity index is 915. The Hall–Kier alpha value is -3.06. The molecule has 7 nitrogen and oxygen atoms in total. The number of rotatable bonds is 7. The summed E-state index contributed by atoms with van der Waals surface area (Å²) in [5.41, 5.74) is 2.20. The second kappa shape index (κ2) is 10.8. The van der Waals surface area contributed by atoms with Crippen LogP contribution < -0.4 is 20.9 Å². The van der Waals surface area contributed by atoms with E-state index in [4.69, 9.17) is 17.0 Å². The fourth-order valence-corrected chi connectivity index (χ4v) is 3.61. The van der Waals surface area contributed by atoms with Gasteiger partial charge in [0.25, 0.3) is 0 Å². The highest BCUT2D eigenvalue weighted by Gasteiger charge is 2.21. The van der Waals surface area contributed by atoms with E-state index in [1.54, 1.807) is 24.3 Å². The summed E-state index contributed by atoms with van der Waals surface area (Å²) in [7, 11) is 0. The van der Waals surface area contributed by atoms with Crippen molar-refractivity contribution in [3.8, 4) is 0 Å². The molecule has 3 rings (SSSR count). The maximum atomic E-state index is 12.8. The van der Waals surface area contributed by atoms with E-state index in [1.807, 2.05) is 36.1 Å². The summed E-state index contributed by atoms with van der Waals surface area (Å²) in [5.74, 6) is 0.355. The summed E-state index contributed by atoms with van der Waals surface area (Å²) in [6.45, 7) is 2.80. The van der Waals surface area contributed by atoms with Crippen LogP contribution in [0.2, 0.25) is 5.02 Å². The summed E-state index contributed by atoms with van der Waals surface area (Å²) in [6, 6.07) is 13.1. The van der Waals surface area contributed by atoms with Gasteiger partial charge in [0.1, 0.15) is 11.9 Å². The van der Waals surface area contributed by atoms with Gasteiger partial charge in [-0.2, -0.15) is 0 Å². The third kappa shape index (κ3) is 6.46. The molecule has 3 amide bonds. The normalized spacial score (nSPS) is 14.6. The fourth-order valence-electron chi connectivity index (χ4n) is 3.49. The predicted molar refractivity (Wildman–Crippen MR) is 126 cm³/mol. The molecule has 1 heterocycles. The molecule has 2 aromatic rings. The molecule has 0 aliphatic carbocycles. The van der Waals surface area contributed by atoms with E-state index in [-0.39, 0.29) is 5.91 Å². The van der Waals surface area contributed by atoms with Gasteiger partial charge in [-0.05, 0) is 67.8 Å². The average molecular weight is 442 g/mol. The average Bonchev–Trinajstić information content (AvgIpc) is 2.76. The second-order valence-electron chi connectivity index (χ2n) is 7.54. The summed E-state index contributed by atoms with van der Waals surface area (Å²) in [5, 5.41) is 17.0. The van der Waals surface area contributed by atoms with Gasteiger partial charge in [-0.1, -0.05) is 24.9 Å². The number of carbonyl (C=O) groups excluding carboxylic acids is 2. The van der Waals surface area contributed by atoms with E-state index in [0.717, 1.165) is 37.9 Å². The van der Waals surface area contributed by atoms with Gasteiger partial charge in [0.15, 0.2) is 0 Å². The minimum absolute atomic E-state index is 0.272. The summed E-state index contributed by atoms with van der Waals surface area (Å²) in [6.07, 6.45) is 4.18. The minimum atomic E-state index is -0.660. The van der Waals surface area contributed by atoms with Crippen molar-refractivity contribution in [3.05, 3.63) is 53.6 Å². The number of halogens is 1. The fraction of sp³-hybridized carbons (Fsp3) is 0.348. The standard InChI is InChI=1S/C23H28ClN5O2/c1-2-5-20(28-23(31)27-18-9-7-16(24)8-10-18)22(30)26-17-11-13-19(14-12-17)29-15-4-3-6-21(29)25/h7-14,20,25H,2-6,15H2,1H3,(H,26,30)(H2,27,28,31). The summed E-state index contributed by atoms with van der Waals surface area (Å²) in [4.78, 5) is 27.1. The molecule has 0 radical (unpaired) electrons. The molecule has 1 unspecified atom stereocenters. The summed E-state index contributed by atoms with van der Waals surface area (Å²) >= 11 is 5.86. The lowest BCUT2D eigenvalue weighted by molar-refractivity contribution is -0.118. The molecular formula is C23H28ClN5O2. The van der Waals surface area contributed by atoms with Gasteiger partial charge in [-0.25, -0.2) is 4.79 Å². The lowest BCUT2D eigenvalue weighted by Crippen LogP contribution is -2.45. The Kier molecular flexibility index (Phi) is 7.89. The van der Waals surface area contributed by atoms with Gasteiger partial charge in [0.05, 0.1) is 0 Å². The van der Waals surface area contributed by atoms with Crippen LogP contribution in [0, 0.1) is 5.41 Å². The Balaban J connectivity index is 1.58. The van der Waals surface area contributed by atoms with Crippen LogP contribution in [0.3, 0.4) is 0 Å². The van der Waals surface area contributed by atoms with Crippen LogP contribution in [0.1, 0.15) is 39.0 Å². The largest absolute Gasteiger partial charge is 0.330 e. The quantitative estimate of drug-likeness (QED) is 0.473. The van der Waals surface area contributed by atoms with E-state index >= 15 is 0 Å². The first-order valence-electron chi connectivity index (χ1n) is 10.5. The maximum absolute atomic E-state index is 12.8. The molecule has 1 fully saturated rings. The highest BCUT2D eigenvalue weighted by Crippen LogP contribution is 2.23. The van der Waals surface area contributed by atoms with E-state index in [9.17, 15) is 9.59 Å².